The van der Waals surface area contributed by atoms with Crippen molar-refractivity contribution in [1.82, 2.24) is 0 Å². The van der Waals surface area contributed by atoms with E-state index in [4.69, 9.17) is 12.2 Å². The lowest BCUT2D eigenvalue weighted by Gasteiger charge is -2.13. The first-order valence-corrected chi connectivity index (χ1v) is 7.83. The minimum atomic E-state index is -4.44. The first-order valence-electron chi connectivity index (χ1n) is 6.54. The van der Waals surface area contributed by atoms with Crippen molar-refractivity contribution >= 4 is 40.5 Å². The second-order valence-electron chi connectivity index (χ2n) is 4.56. The predicted molar refractivity (Wildman–Crippen MR) is 89.6 cm³/mol. The fourth-order valence-electron chi connectivity index (χ4n) is 1.79. The second kappa shape index (κ2) is 7.80. The highest BCUT2D eigenvalue weighted by molar-refractivity contribution is 7.99. The smallest absolute Gasteiger partial charge is 0.332 e. The van der Waals surface area contributed by atoms with E-state index < -0.39 is 17.5 Å². The van der Waals surface area contributed by atoms with E-state index in [0.717, 1.165) is 12.1 Å². The van der Waals surface area contributed by atoms with Gasteiger partial charge in [0, 0.05) is 16.3 Å². The third-order valence-corrected chi connectivity index (χ3v) is 3.71. The molecule has 2 aromatic rings. The molecule has 9 heteroatoms. The van der Waals surface area contributed by atoms with Crippen molar-refractivity contribution in [3.05, 3.63) is 54.1 Å². The Kier molecular flexibility index (Phi) is 6.00. The lowest BCUT2D eigenvalue weighted by Crippen LogP contribution is -2.19. The van der Waals surface area contributed by atoms with Gasteiger partial charge in [-0.15, -0.1) is 0 Å². The highest BCUT2D eigenvalue weighted by Gasteiger charge is 2.30. The van der Waals surface area contributed by atoms with Gasteiger partial charge in [-0.3, -0.25) is 0 Å². The first kappa shape index (κ1) is 18.5. The van der Waals surface area contributed by atoms with Crippen LogP contribution in [0.25, 0.3) is 0 Å². The van der Waals surface area contributed by atoms with E-state index in [0.29, 0.717) is 22.3 Å². The standard InChI is InChI=1S/C15H11F5N2S2/c16-13(17)24-12-6-4-10(5-7-12)21-14(23)22-11-3-1-2-9(8-11)15(18,19)20/h1-8,13H,(H2,21,22,23). The fraction of sp³-hybridized carbons (Fsp3) is 0.133. The minimum absolute atomic E-state index is 0.0867. The summed E-state index contributed by atoms with van der Waals surface area (Å²) in [4.78, 5) is 0.396. The van der Waals surface area contributed by atoms with Gasteiger partial charge in [-0.2, -0.15) is 22.0 Å². The van der Waals surface area contributed by atoms with Crippen molar-refractivity contribution in [3.8, 4) is 0 Å². The number of thiocarbonyl (C=S) groups is 1. The molecule has 0 heterocycles. The molecule has 0 radical (unpaired) electrons. The van der Waals surface area contributed by atoms with Gasteiger partial charge in [0.1, 0.15) is 0 Å². The van der Waals surface area contributed by atoms with Gasteiger partial charge in [0.2, 0.25) is 0 Å². The van der Waals surface area contributed by atoms with Gasteiger partial charge in [-0.25, -0.2) is 0 Å². The molecule has 0 spiro atoms. The number of thioether (sulfide) groups is 1. The molecule has 0 aliphatic carbocycles. The molecule has 2 rings (SSSR count). The van der Waals surface area contributed by atoms with E-state index in [-0.39, 0.29) is 10.8 Å². The van der Waals surface area contributed by atoms with Crippen molar-refractivity contribution in [2.24, 2.45) is 0 Å². The van der Waals surface area contributed by atoms with E-state index in [1.54, 1.807) is 12.1 Å². The molecular weight excluding hydrogens is 367 g/mol. The van der Waals surface area contributed by atoms with Crippen LogP contribution in [0.3, 0.4) is 0 Å². The summed E-state index contributed by atoms with van der Waals surface area (Å²) in [6.45, 7) is 0. The molecule has 0 fully saturated rings. The lowest BCUT2D eigenvalue weighted by atomic mass is 10.2. The molecule has 0 aliphatic heterocycles. The largest absolute Gasteiger partial charge is 0.416 e. The number of nitrogens with one attached hydrogen (secondary N) is 2. The number of alkyl halides is 5. The molecule has 0 aliphatic rings. The maximum Gasteiger partial charge on any atom is 0.416 e. The van der Waals surface area contributed by atoms with Gasteiger partial charge in [0.15, 0.2) is 5.11 Å². The number of anilines is 2. The van der Waals surface area contributed by atoms with Crippen LogP contribution in [0.4, 0.5) is 33.3 Å². The number of rotatable bonds is 4. The molecule has 128 valence electrons. The third kappa shape index (κ3) is 5.64. The fourth-order valence-corrected chi connectivity index (χ4v) is 2.52. The van der Waals surface area contributed by atoms with E-state index in [1.807, 2.05) is 0 Å². The Labute approximate surface area is 144 Å². The van der Waals surface area contributed by atoms with Crippen LogP contribution in [0.2, 0.25) is 0 Å². The maximum absolute atomic E-state index is 12.6. The van der Waals surface area contributed by atoms with E-state index in [1.165, 1.54) is 24.3 Å². The van der Waals surface area contributed by atoms with Gasteiger partial charge in [-0.05, 0) is 54.7 Å². The van der Waals surface area contributed by atoms with Crippen molar-refractivity contribution < 1.29 is 22.0 Å². The Hall–Kier alpha value is -1.87. The molecule has 0 saturated heterocycles. The van der Waals surface area contributed by atoms with Gasteiger partial charge < -0.3 is 10.6 Å². The van der Waals surface area contributed by atoms with Crippen LogP contribution in [0.5, 0.6) is 0 Å². The molecule has 0 bridgehead atoms. The van der Waals surface area contributed by atoms with Crippen LogP contribution in [0.1, 0.15) is 5.56 Å². The summed E-state index contributed by atoms with van der Waals surface area (Å²) < 4.78 is 62.4. The number of benzene rings is 2. The first-order chi connectivity index (χ1) is 11.2. The monoisotopic (exact) mass is 378 g/mol. The molecule has 2 N–H and O–H groups in total. The Morgan fingerprint density at radius 2 is 1.58 bits per heavy atom. The number of hydrogen-bond acceptors (Lipinski definition) is 2. The van der Waals surface area contributed by atoms with Crippen molar-refractivity contribution in [2.75, 3.05) is 10.6 Å². The van der Waals surface area contributed by atoms with Crippen LogP contribution in [0, 0.1) is 0 Å². The molecule has 24 heavy (non-hydrogen) atoms. The normalized spacial score (nSPS) is 11.4. The Balaban J connectivity index is 1.98. The van der Waals surface area contributed by atoms with Gasteiger partial charge in [0.05, 0.1) is 5.56 Å². The summed E-state index contributed by atoms with van der Waals surface area (Å²) in [6.07, 6.45) is -4.44. The molecule has 0 amide bonds. The predicted octanol–water partition coefficient (Wildman–Crippen LogP) is 5.83. The summed E-state index contributed by atoms with van der Waals surface area (Å²) >= 11 is 5.45. The highest BCUT2D eigenvalue weighted by Crippen LogP contribution is 2.30. The molecule has 0 atom stereocenters. The van der Waals surface area contributed by atoms with E-state index in [9.17, 15) is 22.0 Å². The summed E-state index contributed by atoms with van der Waals surface area (Å²) in [5.41, 5.74) is -0.0750. The molecule has 2 aromatic carbocycles. The van der Waals surface area contributed by atoms with Crippen LogP contribution in [0.15, 0.2) is 53.4 Å². The minimum Gasteiger partial charge on any atom is -0.332 e. The summed E-state index contributed by atoms with van der Waals surface area (Å²) in [7, 11) is 0. The average molecular weight is 378 g/mol. The average Bonchev–Trinajstić information content (AvgIpc) is 2.48. The van der Waals surface area contributed by atoms with Crippen molar-refractivity contribution in [2.45, 2.75) is 16.8 Å². The molecular formula is C15H11F5N2S2. The summed E-state index contributed by atoms with van der Waals surface area (Å²) in [5.74, 6) is -2.51. The van der Waals surface area contributed by atoms with Crippen molar-refractivity contribution in [1.29, 1.82) is 0 Å². The van der Waals surface area contributed by atoms with Gasteiger partial charge in [0.25, 0.3) is 5.76 Å². The molecule has 2 nitrogen and oxygen atoms in total. The van der Waals surface area contributed by atoms with Crippen LogP contribution >= 0.6 is 24.0 Å². The molecule has 0 aromatic heterocycles. The van der Waals surface area contributed by atoms with Crippen LogP contribution in [-0.2, 0) is 6.18 Å². The highest BCUT2D eigenvalue weighted by atomic mass is 32.2. The zero-order chi connectivity index (χ0) is 17.7. The second-order valence-corrected chi connectivity index (χ2v) is 6.03. The zero-order valence-corrected chi connectivity index (χ0v) is 13.5. The van der Waals surface area contributed by atoms with Crippen LogP contribution in [-0.4, -0.2) is 10.9 Å². The Morgan fingerprint density at radius 3 is 2.17 bits per heavy atom. The van der Waals surface area contributed by atoms with Gasteiger partial charge >= 0.3 is 6.18 Å². The quantitative estimate of drug-likeness (QED) is 0.397. The SMILES string of the molecule is FC(F)Sc1ccc(NC(=S)Nc2cccc(C(F)(F)F)c2)cc1. The Bertz CT molecular complexity index is 702. The number of hydrogen-bond donors (Lipinski definition) is 2. The third-order valence-electron chi connectivity index (χ3n) is 2.79. The van der Waals surface area contributed by atoms with Crippen LogP contribution < -0.4 is 10.6 Å². The molecule has 0 unspecified atom stereocenters. The van der Waals surface area contributed by atoms with Crippen molar-refractivity contribution in [3.63, 3.8) is 0 Å². The van der Waals surface area contributed by atoms with E-state index in [2.05, 4.69) is 10.6 Å². The topological polar surface area (TPSA) is 24.1 Å². The summed E-state index contributed by atoms with van der Waals surface area (Å²) in [5, 5.41) is 5.50. The summed E-state index contributed by atoms with van der Waals surface area (Å²) in [6, 6.07) is 10.7. The number of halogens is 5. The lowest BCUT2D eigenvalue weighted by molar-refractivity contribution is -0.137. The van der Waals surface area contributed by atoms with Gasteiger partial charge in [-0.1, -0.05) is 17.8 Å². The maximum atomic E-state index is 12.6. The molecule has 0 saturated carbocycles. The zero-order valence-electron chi connectivity index (χ0n) is 11.9. The Morgan fingerprint density at radius 1 is 0.958 bits per heavy atom. The van der Waals surface area contributed by atoms with E-state index >= 15 is 0 Å².